The molecule has 118 valence electrons. The normalized spacial score (nSPS) is 12.4. The molecule has 1 amide bonds. The first-order chi connectivity index (χ1) is 10.5. The van der Waals surface area contributed by atoms with Crippen LogP contribution >= 0.6 is 11.3 Å². The van der Waals surface area contributed by atoms with Gasteiger partial charge < -0.3 is 5.32 Å². The molecule has 0 saturated carbocycles. The van der Waals surface area contributed by atoms with Crippen molar-refractivity contribution in [3.05, 3.63) is 45.7 Å². The molecule has 6 heteroatoms. The number of pyridine rings is 1. The number of aryl methyl sites for hydroxylation is 2. The SMILES string of the molecule is Cc1nc([C@H](C)NC(=O)CN(C)Cc2cccnc2)c(C)s1. The number of hydrogen-bond donors (Lipinski definition) is 1. The van der Waals surface area contributed by atoms with Gasteiger partial charge in [-0.15, -0.1) is 11.3 Å². The summed E-state index contributed by atoms with van der Waals surface area (Å²) < 4.78 is 0. The summed E-state index contributed by atoms with van der Waals surface area (Å²) in [4.78, 5) is 23.9. The Balaban J connectivity index is 1.86. The highest BCUT2D eigenvalue weighted by Gasteiger charge is 2.16. The Bertz CT molecular complexity index is 626. The maximum Gasteiger partial charge on any atom is 0.234 e. The van der Waals surface area contributed by atoms with E-state index in [0.717, 1.165) is 21.1 Å². The van der Waals surface area contributed by atoms with Crippen LogP contribution in [0.2, 0.25) is 0 Å². The molecule has 0 aliphatic rings. The van der Waals surface area contributed by atoms with Crippen LogP contribution in [0.4, 0.5) is 0 Å². The standard InChI is InChI=1S/C16H22N4OS/c1-11(16-12(2)22-13(3)19-16)18-15(21)10-20(4)9-14-6-5-7-17-8-14/h5-8,11H,9-10H2,1-4H3,(H,18,21)/t11-/m0/s1. The summed E-state index contributed by atoms with van der Waals surface area (Å²) in [5.74, 6) is 0.00365. The molecule has 1 N–H and O–H groups in total. The average molecular weight is 318 g/mol. The number of likely N-dealkylation sites (N-methyl/N-ethyl adjacent to an activating group) is 1. The van der Waals surface area contributed by atoms with E-state index in [0.29, 0.717) is 13.1 Å². The number of aromatic nitrogens is 2. The summed E-state index contributed by atoms with van der Waals surface area (Å²) >= 11 is 1.66. The van der Waals surface area contributed by atoms with Gasteiger partial charge in [0.15, 0.2) is 0 Å². The highest BCUT2D eigenvalue weighted by molar-refractivity contribution is 7.11. The fraction of sp³-hybridized carbons (Fsp3) is 0.438. The molecule has 0 fully saturated rings. The van der Waals surface area contributed by atoms with Gasteiger partial charge in [-0.05, 0) is 39.4 Å². The van der Waals surface area contributed by atoms with E-state index in [2.05, 4.69) is 15.3 Å². The first-order valence-electron chi connectivity index (χ1n) is 7.26. The van der Waals surface area contributed by atoms with E-state index in [-0.39, 0.29) is 11.9 Å². The maximum absolute atomic E-state index is 12.2. The van der Waals surface area contributed by atoms with E-state index in [4.69, 9.17) is 0 Å². The molecule has 1 atom stereocenters. The van der Waals surface area contributed by atoms with Gasteiger partial charge in [0, 0.05) is 23.8 Å². The second-order valence-electron chi connectivity index (χ2n) is 5.50. The zero-order valence-electron chi connectivity index (χ0n) is 13.5. The van der Waals surface area contributed by atoms with Crippen LogP contribution in [0.3, 0.4) is 0 Å². The Morgan fingerprint density at radius 2 is 2.23 bits per heavy atom. The Hall–Kier alpha value is -1.79. The van der Waals surface area contributed by atoms with Crippen LogP contribution in [0.5, 0.6) is 0 Å². The van der Waals surface area contributed by atoms with Crippen LogP contribution in [0.25, 0.3) is 0 Å². The second kappa shape index (κ2) is 7.47. The number of rotatable bonds is 6. The third kappa shape index (κ3) is 4.61. The van der Waals surface area contributed by atoms with Gasteiger partial charge in [0.05, 0.1) is 23.3 Å². The summed E-state index contributed by atoms with van der Waals surface area (Å²) in [7, 11) is 1.93. The Labute approximate surface area is 135 Å². The van der Waals surface area contributed by atoms with E-state index in [1.807, 2.05) is 51.0 Å². The summed E-state index contributed by atoms with van der Waals surface area (Å²) in [6.07, 6.45) is 3.56. The Morgan fingerprint density at radius 3 is 2.82 bits per heavy atom. The summed E-state index contributed by atoms with van der Waals surface area (Å²) in [5, 5.41) is 4.04. The van der Waals surface area contributed by atoms with Gasteiger partial charge in [0.25, 0.3) is 0 Å². The second-order valence-corrected chi connectivity index (χ2v) is 6.90. The summed E-state index contributed by atoms with van der Waals surface area (Å²) in [6, 6.07) is 3.84. The molecule has 2 aromatic rings. The molecule has 0 bridgehead atoms. The Kier molecular flexibility index (Phi) is 5.63. The van der Waals surface area contributed by atoms with Crippen molar-refractivity contribution in [3.8, 4) is 0 Å². The molecule has 0 unspecified atom stereocenters. The molecule has 0 radical (unpaired) electrons. The van der Waals surface area contributed by atoms with E-state index < -0.39 is 0 Å². The van der Waals surface area contributed by atoms with Gasteiger partial charge in [0.2, 0.25) is 5.91 Å². The van der Waals surface area contributed by atoms with Crippen LogP contribution in [0, 0.1) is 13.8 Å². The number of carbonyl (C=O) groups excluding carboxylic acids is 1. The number of nitrogens with zero attached hydrogens (tertiary/aromatic N) is 3. The lowest BCUT2D eigenvalue weighted by atomic mass is 10.2. The Morgan fingerprint density at radius 1 is 1.45 bits per heavy atom. The zero-order valence-corrected chi connectivity index (χ0v) is 14.3. The van der Waals surface area contributed by atoms with Crippen LogP contribution in [-0.2, 0) is 11.3 Å². The van der Waals surface area contributed by atoms with Crippen molar-refractivity contribution < 1.29 is 4.79 Å². The van der Waals surface area contributed by atoms with Crippen molar-refractivity contribution >= 4 is 17.2 Å². The number of carbonyl (C=O) groups is 1. The monoisotopic (exact) mass is 318 g/mol. The lowest BCUT2D eigenvalue weighted by Crippen LogP contribution is -2.36. The third-order valence-corrected chi connectivity index (χ3v) is 4.22. The van der Waals surface area contributed by atoms with Gasteiger partial charge >= 0.3 is 0 Å². The highest BCUT2D eigenvalue weighted by atomic mass is 32.1. The maximum atomic E-state index is 12.2. The van der Waals surface area contributed by atoms with Gasteiger partial charge in [-0.3, -0.25) is 14.7 Å². The fourth-order valence-electron chi connectivity index (χ4n) is 2.41. The minimum Gasteiger partial charge on any atom is -0.347 e. The molecule has 2 heterocycles. The van der Waals surface area contributed by atoms with Gasteiger partial charge in [0.1, 0.15) is 0 Å². The number of hydrogen-bond acceptors (Lipinski definition) is 5. The van der Waals surface area contributed by atoms with Gasteiger partial charge in [-0.2, -0.15) is 0 Å². The average Bonchev–Trinajstić information content (AvgIpc) is 2.78. The first kappa shape index (κ1) is 16.6. The van der Waals surface area contributed by atoms with Gasteiger partial charge in [-0.25, -0.2) is 4.98 Å². The molecular formula is C16H22N4OS. The molecule has 0 aromatic carbocycles. The van der Waals surface area contributed by atoms with E-state index in [9.17, 15) is 4.79 Å². The van der Waals surface area contributed by atoms with Gasteiger partial charge in [-0.1, -0.05) is 6.07 Å². The molecule has 0 saturated heterocycles. The molecule has 0 aliphatic heterocycles. The lowest BCUT2D eigenvalue weighted by molar-refractivity contribution is -0.122. The van der Waals surface area contributed by atoms with E-state index in [1.54, 1.807) is 17.5 Å². The minimum absolute atomic E-state index is 0.00365. The van der Waals surface area contributed by atoms with Crippen molar-refractivity contribution in [2.24, 2.45) is 0 Å². The molecular weight excluding hydrogens is 296 g/mol. The lowest BCUT2D eigenvalue weighted by Gasteiger charge is -2.18. The molecule has 0 aliphatic carbocycles. The topological polar surface area (TPSA) is 58.1 Å². The van der Waals surface area contributed by atoms with Crippen LogP contribution in [0.1, 0.15) is 34.1 Å². The predicted molar refractivity (Wildman–Crippen MR) is 88.7 cm³/mol. The van der Waals surface area contributed by atoms with E-state index >= 15 is 0 Å². The van der Waals surface area contributed by atoms with Crippen molar-refractivity contribution in [3.63, 3.8) is 0 Å². The molecule has 22 heavy (non-hydrogen) atoms. The molecule has 5 nitrogen and oxygen atoms in total. The fourth-order valence-corrected chi connectivity index (χ4v) is 3.32. The van der Waals surface area contributed by atoms with Crippen molar-refractivity contribution in [1.29, 1.82) is 0 Å². The van der Waals surface area contributed by atoms with E-state index in [1.165, 1.54) is 0 Å². The van der Waals surface area contributed by atoms with Crippen LogP contribution in [-0.4, -0.2) is 34.4 Å². The smallest absolute Gasteiger partial charge is 0.234 e. The molecule has 2 aromatic heterocycles. The van der Waals surface area contributed by atoms with Crippen molar-refractivity contribution in [2.45, 2.75) is 33.4 Å². The molecule has 0 spiro atoms. The molecule has 2 rings (SSSR count). The third-order valence-electron chi connectivity index (χ3n) is 3.32. The minimum atomic E-state index is -0.0655. The summed E-state index contributed by atoms with van der Waals surface area (Å²) in [6.45, 7) is 7.04. The highest BCUT2D eigenvalue weighted by Crippen LogP contribution is 2.22. The van der Waals surface area contributed by atoms with Crippen LogP contribution in [0.15, 0.2) is 24.5 Å². The number of nitrogens with one attached hydrogen (secondary N) is 1. The van der Waals surface area contributed by atoms with Crippen LogP contribution < -0.4 is 5.32 Å². The zero-order chi connectivity index (χ0) is 16.1. The first-order valence-corrected chi connectivity index (χ1v) is 8.08. The summed E-state index contributed by atoms with van der Waals surface area (Å²) in [5.41, 5.74) is 2.06. The largest absolute Gasteiger partial charge is 0.347 e. The number of thiazole rings is 1. The van der Waals surface area contributed by atoms with Crippen molar-refractivity contribution in [2.75, 3.05) is 13.6 Å². The predicted octanol–water partition coefficient (Wildman–Crippen LogP) is 2.46. The number of amides is 1. The quantitative estimate of drug-likeness (QED) is 0.889. The van der Waals surface area contributed by atoms with Crippen molar-refractivity contribution in [1.82, 2.24) is 20.2 Å².